The number of aromatic nitrogens is 1. The summed E-state index contributed by atoms with van der Waals surface area (Å²) in [6, 6.07) is 20.2. The van der Waals surface area contributed by atoms with E-state index >= 15 is 0 Å². The van der Waals surface area contributed by atoms with Crippen molar-refractivity contribution in [3.63, 3.8) is 0 Å². The summed E-state index contributed by atoms with van der Waals surface area (Å²) in [4.78, 5) is 55.7. The fourth-order valence-electron chi connectivity index (χ4n) is 8.35. The number of benzene rings is 3. The molecule has 1 N–H and O–H groups in total. The molecule has 3 saturated heterocycles. The number of carbonyl (C=O) groups is 3. The van der Waals surface area contributed by atoms with Crippen LogP contribution in [-0.2, 0) is 29.6 Å². The molecule has 0 saturated carbocycles. The van der Waals surface area contributed by atoms with E-state index in [4.69, 9.17) is 0 Å². The van der Waals surface area contributed by atoms with Crippen molar-refractivity contribution in [2.45, 2.75) is 69.8 Å². The van der Waals surface area contributed by atoms with Gasteiger partial charge in [-0.25, -0.2) is 4.79 Å². The number of rotatable bonds is 8. The summed E-state index contributed by atoms with van der Waals surface area (Å²) in [5.41, 5.74) is 3.65. The second kappa shape index (κ2) is 15.9. The summed E-state index contributed by atoms with van der Waals surface area (Å²) in [5, 5.41) is 3.56. The molecular formula is C42H46F3N5O5. The van der Waals surface area contributed by atoms with Gasteiger partial charge in [-0.15, -0.1) is 13.2 Å². The fourth-order valence-corrected chi connectivity index (χ4v) is 8.35. The Bertz CT molecular complexity index is 2120. The Labute approximate surface area is 317 Å². The van der Waals surface area contributed by atoms with Crippen LogP contribution in [0.3, 0.4) is 0 Å². The predicted molar refractivity (Wildman–Crippen MR) is 202 cm³/mol. The SMILES string of the molecule is CN(C(=O)N1CCC(c2ccc(CC3CCC(=O)NC3=O)cc2)CC1)C1CCN(Cc2ccc(-c3cn(C)c(=O)c4ccccc34)cc2OC(F)(F)F)CC1. The number of fused-ring (bicyclic) bond motifs is 1. The van der Waals surface area contributed by atoms with E-state index in [0.29, 0.717) is 91.7 Å². The largest absolute Gasteiger partial charge is 0.573 e. The monoisotopic (exact) mass is 757 g/mol. The number of nitrogens with zero attached hydrogens (tertiary/aromatic N) is 4. The number of nitrogens with one attached hydrogen (secondary N) is 1. The molecule has 1 unspecified atom stereocenters. The minimum atomic E-state index is -4.88. The van der Waals surface area contributed by atoms with E-state index in [1.165, 1.54) is 16.2 Å². The first-order valence-electron chi connectivity index (χ1n) is 19.0. The lowest BCUT2D eigenvalue weighted by Crippen LogP contribution is -2.51. The number of pyridine rings is 1. The van der Waals surface area contributed by atoms with Crippen LogP contribution in [0.2, 0.25) is 0 Å². The van der Waals surface area contributed by atoms with Crippen LogP contribution >= 0.6 is 0 Å². The highest BCUT2D eigenvalue weighted by Gasteiger charge is 2.34. The number of piperidine rings is 3. The summed E-state index contributed by atoms with van der Waals surface area (Å²) < 4.78 is 46.9. The highest BCUT2D eigenvalue weighted by molar-refractivity contribution is 5.98. The number of hydrogen-bond acceptors (Lipinski definition) is 6. The van der Waals surface area contributed by atoms with E-state index in [1.54, 1.807) is 49.6 Å². The van der Waals surface area contributed by atoms with Crippen LogP contribution in [-0.4, -0.2) is 82.7 Å². The van der Waals surface area contributed by atoms with Crippen molar-refractivity contribution < 1.29 is 32.3 Å². The zero-order chi connectivity index (χ0) is 38.9. The Hall–Kier alpha value is -5.17. The number of urea groups is 1. The van der Waals surface area contributed by atoms with Gasteiger partial charge in [0.1, 0.15) is 5.75 Å². The third kappa shape index (κ3) is 8.72. The first-order valence-corrected chi connectivity index (χ1v) is 19.0. The molecule has 0 radical (unpaired) electrons. The molecule has 3 aromatic carbocycles. The molecule has 13 heteroatoms. The molecule has 290 valence electrons. The van der Waals surface area contributed by atoms with Gasteiger partial charge in [0.25, 0.3) is 5.56 Å². The van der Waals surface area contributed by atoms with Gasteiger partial charge in [-0.3, -0.25) is 24.6 Å². The smallest absolute Gasteiger partial charge is 0.405 e. The van der Waals surface area contributed by atoms with E-state index in [-0.39, 0.29) is 47.7 Å². The molecule has 0 spiro atoms. The van der Waals surface area contributed by atoms with E-state index in [9.17, 15) is 32.3 Å². The number of carbonyl (C=O) groups excluding carboxylic acids is 3. The fraction of sp³-hybridized carbons (Fsp3) is 0.429. The van der Waals surface area contributed by atoms with Crippen LogP contribution in [0, 0.1) is 5.92 Å². The van der Waals surface area contributed by atoms with E-state index in [0.717, 1.165) is 18.4 Å². The summed E-state index contributed by atoms with van der Waals surface area (Å²) in [5.74, 6) is -0.528. The van der Waals surface area contributed by atoms with Crippen molar-refractivity contribution >= 4 is 28.6 Å². The molecule has 4 aromatic rings. The van der Waals surface area contributed by atoms with Gasteiger partial charge >= 0.3 is 12.4 Å². The highest BCUT2D eigenvalue weighted by Crippen LogP contribution is 2.35. The molecule has 4 heterocycles. The summed E-state index contributed by atoms with van der Waals surface area (Å²) in [6.07, 6.45) is 1.40. The number of halogens is 3. The Morgan fingerprint density at radius 2 is 1.58 bits per heavy atom. The Balaban J connectivity index is 0.928. The van der Waals surface area contributed by atoms with E-state index < -0.39 is 6.36 Å². The Kier molecular flexibility index (Phi) is 11.0. The van der Waals surface area contributed by atoms with Gasteiger partial charge < -0.3 is 19.1 Å². The van der Waals surface area contributed by atoms with Crippen molar-refractivity contribution in [2.24, 2.45) is 13.0 Å². The Morgan fingerprint density at radius 3 is 2.25 bits per heavy atom. The van der Waals surface area contributed by atoms with E-state index in [1.807, 2.05) is 16.8 Å². The van der Waals surface area contributed by atoms with Crippen molar-refractivity contribution in [1.82, 2.24) is 24.6 Å². The second-order valence-corrected chi connectivity index (χ2v) is 15.1. The van der Waals surface area contributed by atoms with Crippen molar-refractivity contribution in [1.29, 1.82) is 0 Å². The zero-order valence-corrected chi connectivity index (χ0v) is 31.1. The number of alkyl halides is 3. The standard InChI is InChI=1S/C42H46F3N5O5/c1-47-26-36(34-5-3-4-6-35(34)40(47)53)30-11-12-32(37(24-30)55-42(43,44)45)25-49-19-17-33(18-20-49)48(2)41(54)50-21-15-29(16-22-50)28-9-7-27(8-10-28)23-31-13-14-38(51)46-39(31)52/h3-12,24,26,29,31,33H,13-23,25H2,1-2H3,(H,46,51,52). The average molecular weight is 758 g/mol. The number of amides is 4. The molecule has 0 bridgehead atoms. The predicted octanol–water partition coefficient (Wildman–Crippen LogP) is 6.60. The van der Waals surface area contributed by atoms with Crippen LogP contribution in [0.25, 0.3) is 21.9 Å². The lowest BCUT2D eigenvalue weighted by molar-refractivity contribution is -0.275. The van der Waals surface area contributed by atoms with Crippen LogP contribution in [0.5, 0.6) is 5.75 Å². The van der Waals surface area contributed by atoms with Gasteiger partial charge in [-0.05, 0) is 78.7 Å². The summed E-state index contributed by atoms with van der Waals surface area (Å²) >= 11 is 0. The van der Waals surface area contributed by atoms with Crippen molar-refractivity contribution in [3.8, 4) is 16.9 Å². The van der Waals surface area contributed by atoms with E-state index in [2.05, 4.69) is 39.2 Å². The number of ether oxygens (including phenoxy) is 1. The minimum absolute atomic E-state index is 0.00104. The molecule has 7 rings (SSSR count). The first kappa shape index (κ1) is 38.1. The maximum absolute atomic E-state index is 13.6. The number of imide groups is 1. The topological polar surface area (TPSA) is 104 Å². The Morgan fingerprint density at radius 1 is 0.891 bits per heavy atom. The number of hydrogen-bond donors (Lipinski definition) is 1. The number of aryl methyl sites for hydroxylation is 1. The van der Waals surface area contributed by atoms with Crippen LogP contribution < -0.4 is 15.6 Å². The van der Waals surface area contributed by atoms with Crippen LogP contribution in [0.15, 0.2) is 77.7 Å². The van der Waals surface area contributed by atoms with Crippen molar-refractivity contribution in [2.75, 3.05) is 33.2 Å². The third-order valence-electron chi connectivity index (χ3n) is 11.5. The summed E-state index contributed by atoms with van der Waals surface area (Å²) in [6.45, 7) is 2.79. The van der Waals surface area contributed by atoms with Crippen molar-refractivity contribution in [3.05, 3.63) is 100.0 Å². The lowest BCUT2D eigenvalue weighted by Gasteiger charge is -2.40. The van der Waals surface area contributed by atoms with Gasteiger partial charge in [-0.1, -0.05) is 54.6 Å². The molecule has 4 amide bonds. The van der Waals surface area contributed by atoms with Gasteiger partial charge in [0, 0.05) is 87.9 Å². The zero-order valence-electron chi connectivity index (χ0n) is 31.1. The van der Waals surface area contributed by atoms with Crippen LogP contribution in [0.4, 0.5) is 18.0 Å². The molecular weight excluding hydrogens is 711 g/mol. The molecule has 3 aliphatic rings. The first-order chi connectivity index (χ1) is 26.3. The molecule has 10 nitrogen and oxygen atoms in total. The van der Waals surface area contributed by atoms with Crippen LogP contribution in [0.1, 0.15) is 61.1 Å². The second-order valence-electron chi connectivity index (χ2n) is 15.1. The molecule has 0 aliphatic carbocycles. The molecule has 3 fully saturated rings. The average Bonchev–Trinajstić information content (AvgIpc) is 3.17. The van der Waals surface area contributed by atoms with Gasteiger partial charge in [0.2, 0.25) is 11.8 Å². The third-order valence-corrected chi connectivity index (χ3v) is 11.5. The molecule has 1 atom stereocenters. The minimum Gasteiger partial charge on any atom is -0.405 e. The number of likely N-dealkylation sites (tertiary alicyclic amines) is 2. The quantitative estimate of drug-likeness (QED) is 0.204. The van der Waals surface area contributed by atoms with Gasteiger partial charge in [0.15, 0.2) is 0 Å². The maximum atomic E-state index is 13.6. The highest BCUT2D eigenvalue weighted by atomic mass is 19.4. The summed E-state index contributed by atoms with van der Waals surface area (Å²) in [7, 11) is 3.46. The molecule has 3 aliphatic heterocycles. The van der Waals surface area contributed by atoms with Gasteiger partial charge in [-0.2, -0.15) is 0 Å². The molecule has 1 aromatic heterocycles. The normalized spacial score (nSPS) is 19.1. The molecule has 55 heavy (non-hydrogen) atoms. The maximum Gasteiger partial charge on any atom is 0.573 e. The van der Waals surface area contributed by atoms with Gasteiger partial charge in [0.05, 0.1) is 0 Å². The lowest BCUT2D eigenvalue weighted by atomic mass is 9.87.